The number of rotatable bonds is 24. The topological polar surface area (TPSA) is 63.2 Å². The van der Waals surface area contributed by atoms with Gasteiger partial charge in [-0.25, -0.2) is 0 Å². The van der Waals surface area contributed by atoms with Gasteiger partial charge < -0.3 is 23.7 Å². The van der Waals surface area contributed by atoms with Crippen LogP contribution in [0.5, 0.6) is 23.0 Å². The van der Waals surface area contributed by atoms with Crippen LogP contribution in [0.3, 0.4) is 0 Å². The molecule has 4 rings (SSSR count). The average molecular weight is 673 g/mol. The third-order valence-corrected chi connectivity index (χ3v) is 9.33. The normalized spacial score (nSPS) is 15.9. The molecular weight excluding hydrogens is 612 g/mol. The summed E-state index contributed by atoms with van der Waals surface area (Å²) in [4.78, 5) is 11.9. The van der Waals surface area contributed by atoms with E-state index >= 15 is 0 Å². The Morgan fingerprint density at radius 2 is 1.02 bits per heavy atom. The van der Waals surface area contributed by atoms with Crippen molar-refractivity contribution in [1.82, 2.24) is 0 Å². The van der Waals surface area contributed by atoms with Gasteiger partial charge in [0.25, 0.3) is 0 Å². The smallest absolute Gasteiger partial charge is 0.311 e. The van der Waals surface area contributed by atoms with Gasteiger partial charge in [0.05, 0.1) is 25.9 Å². The van der Waals surface area contributed by atoms with E-state index in [1.807, 2.05) is 36.4 Å². The molecule has 1 saturated carbocycles. The fourth-order valence-corrected chi connectivity index (χ4v) is 6.27. The highest BCUT2D eigenvalue weighted by Crippen LogP contribution is 2.30. The maximum atomic E-state index is 11.9. The molecule has 3 aromatic carbocycles. The summed E-state index contributed by atoms with van der Waals surface area (Å²) in [5, 5.41) is 0. The SMILES string of the molecule is CCCCCC(=O)Oc1ccc(OCCCC2CCC(OCCCCCCOc3ccc(-c4ccc(OCCCC)cc4)cc3)CC2)cc1. The number of esters is 1. The second kappa shape index (κ2) is 23.0. The standard InChI is InChI=1S/C43H60O6/c1-3-5-9-14-43(44)49-42-29-27-41(28-30-42)48-34-12-13-35-15-21-38(22-16-35)46-32-10-7-8-11-33-47-40-25-19-37(20-26-40)36-17-23-39(24-18-36)45-31-6-4-2/h17-20,23-30,35,38H,3-16,21-22,31-34H2,1-2H3. The van der Waals surface area contributed by atoms with Crippen LogP contribution in [0.2, 0.25) is 0 Å². The van der Waals surface area contributed by atoms with Crippen molar-refractivity contribution in [3.63, 3.8) is 0 Å². The van der Waals surface area contributed by atoms with E-state index in [0.717, 1.165) is 94.4 Å². The second-order valence-corrected chi connectivity index (χ2v) is 13.4. The molecule has 0 bridgehead atoms. The van der Waals surface area contributed by atoms with Crippen molar-refractivity contribution in [3.8, 4) is 34.1 Å². The molecular formula is C43H60O6. The predicted octanol–water partition coefficient (Wildman–Crippen LogP) is 11.4. The molecule has 6 nitrogen and oxygen atoms in total. The highest BCUT2D eigenvalue weighted by Gasteiger charge is 2.21. The van der Waals surface area contributed by atoms with Gasteiger partial charge in [-0.15, -0.1) is 0 Å². The third kappa shape index (κ3) is 15.3. The van der Waals surface area contributed by atoms with E-state index in [2.05, 4.69) is 50.2 Å². The first kappa shape index (κ1) is 38.3. The molecule has 0 atom stereocenters. The molecule has 0 radical (unpaired) electrons. The minimum atomic E-state index is -0.162. The summed E-state index contributed by atoms with van der Waals surface area (Å²) in [6, 6.07) is 24.1. The van der Waals surface area contributed by atoms with E-state index < -0.39 is 0 Å². The van der Waals surface area contributed by atoms with Gasteiger partial charge in [-0.2, -0.15) is 0 Å². The maximum absolute atomic E-state index is 11.9. The van der Waals surface area contributed by atoms with Crippen LogP contribution in [0.1, 0.15) is 117 Å². The molecule has 1 aliphatic carbocycles. The summed E-state index contributed by atoms with van der Waals surface area (Å²) in [5.41, 5.74) is 2.37. The molecule has 1 fully saturated rings. The minimum absolute atomic E-state index is 0.162. The van der Waals surface area contributed by atoms with E-state index in [9.17, 15) is 4.79 Å². The number of carbonyl (C=O) groups is 1. The van der Waals surface area contributed by atoms with Gasteiger partial charge in [-0.05, 0) is 136 Å². The van der Waals surface area contributed by atoms with Crippen LogP contribution >= 0.6 is 0 Å². The molecule has 0 aliphatic heterocycles. The zero-order chi connectivity index (χ0) is 34.4. The maximum Gasteiger partial charge on any atom is 0.311 e. The highest BCUT2D eigenvalue weighted by molar-refractivity contribution is 5.72. The number of carbonyl (C=O) groups excluding carboxylic acids is 1. The van der Waals surface area contributed by atoms with Crippen molar-refractivity contribution >= 4 is 5.97 Å². The molecule has 0 saturated heterocycles. The summed E-state index contributed by atoms with van der Waals surface area (Å²) >= 11 is 0. The second-order valence-electron chi connectivity index (χ2n) is 13.4. The van der Waals surface area contributed by atoms with Crippen molar-refractivity contribution in [1.29, 1.82) is 0 Å². The van der Waals surface area contributed by atoms with E-state index in [1.165, 1.54) is 56.1 Å². The zero-order valence-electron chi connectivity index (χ0n) is 30.2. The largest absolute Gasteiger partial charge is 0.494 e. The van der Waals surface area contributed by atoms with Gasteiger partial charge in [0.2, 0.25) is 0 Å². The van der Waals surface area contributed by atoms with E-state index in [4.69, 9.17) is 23.7 Å². The molecule has 3 aromatic rings. The molecule has 0 spiro atoms. The van der Waals surface area contributed by atoms with Gasteiger partial charge in [0.1, 0.15) is 23.0 Å². The summed E-state index contributed by atoms with van der Waals surface area (Å²) < 4.78 is 29.3. The lowest BCUT2D eigenvalue weighted by Gasteiger charge is -2.28. The lowest BCUT2D eigenvalue weighted by Crippen LogP contribution is -2.22. The molecule has 1 aliphatic rings. The van der Waals surface area contributed by atoms with Crippen LogP contribution < -0.4 is 18.9 Å². The van der Waals surface area contributed by atoms with Gasteiger partial charge in [-0.1, -0.05) is 63.8 Å². The quantitative estimate of drug-likeness (QED) is 0.0536. The molecule has 0 heterocycles. The highest BCUT2D eigenvalue weighted by atomic mass is 16.5. The van der Waals surface area contributed by atoms with Crippen LogP contribution in [0.4, 0.5) is 0 Å². The molecule has 0 amide bonds. The van der Waals surface area contributed by atoms with E-state index in [1.54, 1.807) is 0 Å². The predicted molar refractivity (Wildman–Crippen MR) is 199 cm³/mol. The van der Waals surface area contributed by atoms with Crippen LogP contribution in [0.25, 0.3) is 11.1 Å². The first-order valence-electron chi connectivity index (χ1n) is 19.1. The van der Waals surface area contributed by atoms with Gasteiger partial charge in [-0.3, -0.25) is 4.79 Å². The van der Waals surface area contributed by atoms with Crippen molar-refractivity contribution in [2.45, 2.75) is 123 Å². The van der Waals surface area contributed by atoms with Crippen molar-refractivity contribution in [2.24, 2.45) is 5.92 Å². The summed E-state index contributed by atoms with van der Waals surface area (Å²) in [7, 11) is 0. The number of unbranched alkanes of at least 4 members (excludes halogenated alkanes) is 6. The Kier molecular flexibility index (Phi) is 18.0. The summed E-state index contributed by atoms with van der Waals surface area (Å²) in [6.07, 6.45) is 17.8. The number of hydrogen-bond donors (Lipinski definition) is 0. The Morgan fingerprint density at radius 3 is 1.59 bits per heavy atom. The van der Waals surface area contributed by atoms with Crippen molar-refractivity contribution < 1.29 is 28.5 Å². The lowest BCUT2D eigenvalue weighted by atomic mass is 9.84. The monoisotopic (exact) mass is 672 g/mol. The summed E-state index contributed by atoms with van der Waals surface area (Å²) in [6.45, 7) is 7.41. The van der Waals surface area contributed by atoms with Gasteiger partial charge in [0.15, 0.2) is 0 Å². The average Bonchev–Trinajstić information content (AvgIpc) is 3.13. The molecule has 6 heteroatoms. The molecule has 49 heavy (non-hydrogen) atoms. The Labute approximate surface area is 295 Å². The van der Waals surface area contributed by atoms with Gasteiger partial charge >= 0.3 is 5.97 Å². The van der Waals surface area contributed by atoms with E-state index in [-0.39, 0.29) is 5.97 Å². The fourth-order valence-electron chi connectivity index (χ4n) is 6.27. The summed E-state index contributed by atoms with van der Waals surface area (Å²) in [5.74, 6) is 3.88. The van der Waals surface area contributed by atoms with Gasteiger partial charge in [0, 0.05) is 13.0 Å². The number of hydrogen-bond acceptors (Lipinski definition) is 6. The number of benzene rings is 3. The zero-order valence-corrected chi connectivity index (χ0v) is 30.2. The first-order valence-corrected chi connectivity index (χ1v) is 19.1. The van der Waals surface area contributed by atoms with E-state index in [0.29, 0.717) is 24.9 Å². The molecule has 268 valence electrons. The molecule has 0 aromatic heterocycles. The minimum Gasteiger partial charge on any atom is -0.494 e. The Morgan fingerprint density at radius 1 is 0.531 bits per heavy atom. The van der Waals surface area contributed by atoms with Crippen LogP contribution in [0, 0.1) is 5.92 Å². The first-order chi connectivity index (χ1) is 24.1. The molecule has 0 N–H and O–H groups in total. The van der Waals surface area contributed by atoms with Crippen molar-refractivity contribution in [3.05, 3.63) is 72.8 Å². The fraction of sp³-hybridized carbons (Fsp3) is 0.558. The Bertz CT molecular complexity index is 1280. The van der Waals surface area contributed by atoms with Crippen LogP contribution in [0.15, 0.2) is 72.8 Å². The molecule has 0 unspecified atom stereocenters. The third-order valence-electron chi connectivity index (χ3n) is 9.33. The number of ether oxygens (including phenoxy) is 5. The lowest BCUT2D eigenvalue weighted by molar-refractivity contribution is -0.134. The van der Waals surface area contributed by atoms with Crippen LogP contribution in [-0.4, -0.2) is 38.5 Å². The van der Waals surface area contributed by atoms with Crippen molar-refractivity contribution in [2.75, 3.05) is 26.4 Å². The Hall–Kier alpha value is -3.51. The Balaban J connectivity index is 0.958. The van der Waals surface area contributed by atoms with Crippen LogP contribution in [-0.2, 0) is 9.53 Å².